The molecule has 1 atom stereocenters. The minimum absolute atomic E-state index is 0.0843. The average molecular weight is 260 g/mol. The number of hydrogen-bond donors (Lipinski definition) is 3. The lowest BCUT2D eigenvalue weighted by atomic mass is 9.84. The van der Waals surface area contributed by atoms with E-state index in [1.807, 2.05) is 20.8 Å². The highest BCUT2D eigenvalue weighted by Gasteiger charge is 2.24. The number of carboxylic acids is 1. The van der Waals surface area contributed by atoms with Crippen LogP contribution in [-0.4, -0.2) is 43.3 Å². The Balaban J connectivity index is 4.04. The van der Waals surface area contributed by atoms with Crippen LogP contribution in [0, 0.1) is 11.3 Å². The highest BCUT2D eigenvalue weighted by atomic mass is 16.5. The lowest BCUT2D eigenvalue weighted by molar-refractivity contribution is -0.142. The zero-order chi connectivity index (χ0) is 14.2. The molecular formula is C12H24N2O4. The van der Waals surface area contributed by atoms with Gasteiger partial charge in [-0.05, 0) is 11.8 Å². The molecule has 0 aliphatic rings. The number of nitrogens with two attached hydrogens (primary N) is 1. The summed E-state index contributed by atoms with van der Waals surface area (Å²) in [4.78, 5) is 22.4. The molecule has 0 saturated heterocycles. The van der Waals surface area contributed by atoms with Gasteiger partial charge < -0.3 is 20.9 Å². The Bertz CT molecular complexity index is 274. The van der Waals surface area contributed by atoms with Gasteiger partial charge in [0, 0.05) is 13.1 Å². The molecule has 0 aliphatic heterocycles. The first kappa shape index (κ1) is 16.9. The first-order chi connectivity index (χ1) is 8.26. The van der Waals surface area contributed by atoms with E-state index in [1.54, 1.807) is 0 Å². The largest absolute Gasteiger partial charge is 0.481 e. The molecular weight excluding hydrogens is 236 g/mol. The second-order valence-corrected chi connectivity index (χ2v) is 5.45. The van der Waals surface area contributed by atoms with Crippen molar-refractivity contribution in [2.45, 2.75) is 27.2 Å². The van der Waals surface area contributed by atoms with Crippen LogP contribution in [-0.2, 0) is 14.3 Å². The van der Waals surface area contributed by atoms with E-state index in [9.17, 15) is 9.59 Å². The van der Waals surface area contributed by atoms with Crippen LogP contribution in [0.15, 0.2) is 0 Å². The molecule has 0 rings (SSSR count). The fourth-order valence-electron chi connectivity index (χ4n) is 1.52. The maximum absolute atomic E-state index is 11.3. The summed E-state index contributed by atoms with van der Waals surface area (Å²) in [5.41, 5.74) is 5.12. The lowest BCUT2D eigenvalue weighted by Crippen LogP contribution is -2.37. The summed E-state index contributed by atoms with van der Waals surface area (Å²) < 4.78 is 4.95. The van der Waals surface area contributed by atoms with Gasteiger partial charge in [-0.1, -0.05) is 20.8 Å². The number of carbonyl (C=O) groups is 2. The molecule has 4 N–H and O–H groups in total. The van der Waals surface area contributed by atoms with E-state index in [-0.39, 0.29) is 24.5 Å². The van der Waals surface area contributed by atoms with Crippen LogP contribution < -0.4 is 11.1 Å². The van der Waals surface area contributed by atoms with Crippen LogP contribution in [0.4, 0.5) is 0 Å². The number of rotatable bonds is 8. The molecule has 0 saturated carbocycles. The van der Waals surface area contributed by atoms with Gasteiger partial charge >= 0.3 is 5.97 Å². The summed E-state index contributed by atoms with van der Waals surface area (Å²) in [6.07, 6.45) is 0.506. The summed E-state index contributed by atoms with van der Waals surface area (Å²) in [7, 11) is 0. The van der Waals surface area contributed by atoms with Crippen molar-refractivity contribution in [3.8, 4) is 0 Å². The van der Waals surface area contributed by atoms with Crippen molar-refractivity contribution in [2.75, 3.05) is 26.3 Å². The normalized spacial score (nSPS) is 13.1. The Labute approximate surface area is 108 Å². The number of carbonyl (C=O) groups excluding carboxylic acids is 1. The van der Waals surface area contributed by atoms with E-state index in [2.05, 4.69) is 5.32 Å². The number of nitrogens with one attached hydrogen (secondary N) is 1. The van der Waals surface area contributed by atoms with Gasteiger partial charge in [0.1, 0.15) is 6.61 Å². The van der Waals surface area contributed by atoms with Gasteiger partial charge in [0.2, 0.25) is 5.91 Å². The molecule has 1 unspecified atom stereocenters. The quantitative estimate of drug-likeness (QED) is 0.542. The zero-order valence-corrected chi connectivity index (χ0v) is 11.4. The number of aliphatic carboxylic acids is 1. The molecule has 0 heterocycles. The number of hydrogen-bond acceptors (Lipinski definition) is 4. The van der Waals surface area contributed by atoms with Crippen molar-refractivity contribution >= 4 is 11.9 Å². The predicted octanol–water partition coefficient (Wildman–Crippen LogP) is 0.215. The first-order valence-corrected chi connectivity index (χ1v) is 6.03. The maximum Gasteiger partial charge on any atom is 0.308 e. The fraction of sp³-hybridized carbons (Fsp3) is 0.833. The Morgan fingerprint density at radius 1 is 1.39 bits per heavy atom. The molecule has 6 heteroatoms. The standard InChI is InChI=1S/C12H24N2O4/c1-12(2,3)6-9(11(16)17)7-14-10(15)8-18-5-4-13/h9H,4-8,13H2,1-3H3,(H,14,15)(H,16,17). The molecule has 0 aliphatic carbocycles. The van der Waals surface area contributed by atoms with Gasteiger partial charge in [0.25, 0.3) is 0 Å². The van der Waals surface area contributed by atoms with Crippen LogP contribution in [0.5, 0.6) is 0 Å². The third-order valence-electron chi connectivity index (χ3n) is 2.25. The van der Waals surface area contributed by atoms with E-state index >= 15 is 0 Å². The van der Waals surface area contributed by atoms with Crippen LogP contribution in [0.1, 0.15) is 27.2 Å². The van der Waals surface area contributed by atoms with Gasteiger partial charge in [-0.3, -0.25) is 9.59 Å². The molecule has 6 nitrogen and oxygen atoms in total. The van der Waals surface area contributed by atoms with E-state index in [4.69, 9.17) is 15.6 Å². The van der Waals surface area contributed by atoms with Crippen molar-refractivity contribution in [3.05, 3.63) is 0 Å². The highest BCUT2D eigenvalue weighted by molar-refractivity contribution is 5.78. The van der Waals surface area contributed by atoms with Crippen LogP contribution in [0.2, 0.25) is 0 Å². The monoisotopic (exact) mass is 260 g/mol. The highest BCUT2D eigenvalue weighted by Crippen LogP contribution is 2.24. The molecule has 0 aromatic carbocycles. The Morgan fingerprint density at radius 2 is 2.00 bits per heavy atom. The van der Waals surface area contributed by atoms with Gasteiger partial charge in [-0.15, -0.1) is 0 Å². The van der Waals surface area contributed by atoms with E-state index in [0.717, 1.165) is 0 Å². The summed E-state index contributed by atoms with van der Waals surface area (Å²) in [6.45, 7) is 6.61. The molecule has 18 heavy (non-hydrogen) atoms. The van der Waals surface area contributed by atoms with Gasteiger partial charge in [0.15, 0.2) is 0 Å². The molecule has 106 valence electrons. The minimum atomic E-state index is -0.895. The Hall–Kier alpha value is -1.14. The molecule has 0 spiro atoms. The number of carboxylic acid groups (broad SMARTS) is 1. The summed E-state index contributed by atoms with van der Waals surface area (Å²) in [5.74, 6) is -1.79. The molecule has 0 aromatic heterocycles. The summed E-state index contributed by atoms with van der Waals surface area (Å²) >= 11 is 0. The van der Waals surface area contributed by atoms with Crippen molar-refractivity contribution in [1.29, 1.82) is 0 Å². The molecule has 1 amide bonds. The zero-order valence-electron chi connectivity index (χ0n) is 11.4. The van der Waals surface area contributed by atoms with Gasteiger partial charge in [-0.25, -0.2) is 0 Å². The third-order valence-corrected chi connectivity index (χ3v) is 2.25. The van der Waals surface area contributed by atoms with Crippen LogP contribution in [0.3, 0.4) is 0 Å². The lowest BCUT2D eigenvalue weighted by Gasteiger charge is -2.23. The van der Waals surface area contributed by atoms with Gasteiger partial charge in [0.05, 0.1) is 12.5 Å². The number of ether oxygens (including phenoxy) is 1. The molecule has 0 aromatic rings. The molecule has 0 radical (unpaired) electrons. The van der Waals surface area contributed by atoms with Crippen molar-refractivity contribution < 1.29 is 19.4 Å². The van der Waals surface area contributed by atoms with E-state index in [0.29, 0.717) is 19.6 Å². The summed E-state index contributed by atoms with van der Waals surface area (Å²) in [5, 5.41) is 11.6. The third kappa shape index (κ3) is 8.95. The van der Waals surface area contributed by atoms with Crippen LogP contribution in [0.25, 0.3) is 0 Å². The smallest absolute Gasteiger partial charge is 0.308 e. The second kappa shape index (κ2) is 8.05. The fourth-order valence-corrected chi connectivity index (χ4v) is 1.52. The SMILES string of the molecule is CC(C)(C)CC(CNC(=O)COCCN)C(=O)O. The predicted molar refractivity (Wildman–Crippen MR) is 68.1 cm³/mol. The maximum atomic E-state index is 11.3. The van der Waals surface area contributed by atoms with Crippen LogP contribution >= 0.6 is 0 Å². The van der Waals surface area contributed by atoms with Crippen molar-refractivity contribution in [3.63, 3.8) is 0 Å². The van der Waals surface area contributed by atoms with Crippen molar-refractivity contribution in [1.82, 2.24) is 5.32 Å². The Kier molecular flexibility index (Phi) is 7.54. The minimum Gasteiger partial charge on any atom is -0.481 e. The number of amides is 1. The van der Waals surface area contributed by atoms with E-state index < -0.39 is 11.9 Å². The molecule has 0 bridgehead atoms. The van der Waals surface area contributed by atoms with E-state index in [1.165, 1.54) is 0 Å². The first-order valence-electron chi connectivity index (χ1n) is 6.03. The van der Waals surface area contributed by atoms with Gasteiger partial charge in [-0.2, -0.15) is 0 Å². The topological polar surface area (TPSA) is 102 Å². The van der Waals surface area contributed by atoms with Crippen molar-refractivity contribution in [2.24, 2.45) is 17.1 Å². The Morgan fingerprint density at radius 3 is 2.44 bits per heavy atom. The molecule has 0 fully saturated rings. The second-order valence-electron chi connectivity index (χ2n) is 5.45. The average Bonchev–Trinajstić information content (AvgIpc) is 2.22. The summed E-state index contributed by atoms with van der Waals surface area (Å²) in [6, 6.07) is 0.